The zero-order valence-corrected chi connectivity index (χ0v) is 22.2. The number of amides is 1. The molecule has 2 aliphatic rings. The Kier molecular flexibility index (Phi) is 10.6. The van der Waals surface area contributed by atoms with E-state index in [0.29, 0.717) is 38.0 Å². The number of carbonyl (C=O) groups excluding carboxylic acids is 3. The minimum absolute atomic E-state index is 0.245. The molecule has 9 nitrogen and oxygen atoms in total. The van der Waals surface area contributed by atoms with Crippen molar-refractivity contribution in [1.82, 2.24) is 14.7 Å². The van der Waals surface area contributed by atoms with Crippen molar-refractivity contribution in [3.05, 3.63) is 40.6 Å². The average molecular weight is 565 g/mol. The number of likely N-dealkylation sites (N-methyl/N-ethyl adjacent to an activating group) is 1. The van der Waals surface area contributed by atoms with E-state index in [4.69, 9.17) is 4.74 Å². The first-order valence-corrected chi connectivity index (χ1v) is 12.1. The Labute approximate surface area is 218 Å². The van der Waals surface area contributed by atoms with E-state index in [1.54, 1.807) is 38.8 Å². The van der Waals surface area contributed by atoms with Crippen molar-refractivity contribution in [2.45, 2.75) is 38.5 Å². The number of aliphatic hydroxyl groups is 1. The molecule has 1 aromatic heterocycles. The number of alkyl halides is 1. The highest BCUT2D eigenvalue weighted by Gasteiger charge is 2.42. The number of aromatic nitrogens is 2. The fraction of sp³-hybridized carbons (Fsp3) is 0.440. The highest BCUT2D eigenvalue weighted by Crippen LogP contribution is 2.30. The van der Waals surface area contributed by atoms with Gasteiger partial charge < -0.3 is 24.9 Å². The molecule has 3 unspecified atom stereocenters. The van der Waals surface area contributed by atoms with E-state index in [2.05, 4.69) is 38.2 Å². The van der Waals surface area contributed by atoms with Crippen LogP contribution in [0.3, 0.4) is 0 Å². The highest BCUT2D eigenvalue weighted by molar-refractivity contribution is 9.10. The molecule has 2 aromatic rings. The van der Waals surface area contributed by atoms with Gasteiger partial charge in [0, 0.05) is 37.5 Å². The molecular formula is C25H30BrFN4O5. The smallest absolute Gasteiger partial charge is 0.361 e. The monoisotopic (exact) mass is 564 g/mol. The molecule has 194 valence electrons. The first-order chi connectivity index (χ1) is 17.1. The number of anilines is 1. The normalized spacial score (nSPS) is 21.6. The molecule has 2 heterocycles. The Morgan fingerprint density at radius 3 is 2.61 bits per heavy atom. The predicted molar refractivity (Wildman–Crippen MR) is 136 cm³/mol. The number of esters is 1. The fourth-order valence-electron chi connectivity index (χ4n) is 3.16. The number of hydrogen-bond acceptors (Lipinski definition) is 7. The number of rotatable bonds is 5. The van der Waals surface area contributed by atoms with E-state index in [9.17, 15) is 23.9 Å². The summed E-state index contributed by atoms with van der Waals surface area (Å²) < 4.78 is 19.1. The number of aldehydes is 1. The quantitative estimate of drug-likeness (QED) is 0.326. The lowest BCUT2D eigenvalue weighted by atomic mass is 10.0. The lowest BCUT2D eigenvalue weighted by molar-refractivity contribution is -0.137. The number of halogens is 2. The number of nitrogens with one attached hydrogen (secondary N) is 1. The van der Waals surface area contributed by atoms with Crippen LogP contribution in [0, 0.1) is 17.8 Å². The van der Waals surface area contributed by atoms with Crippen molar-refractivity contribution < 1.29 is 28.6 Å². The number of benzene rings is 1. The Morgan fingerprint density at radius 2 is 2.17 bits per heavy atom. The molecule has 11 heteroatoms. The van der Waals surface area contributed by atoms with E-state index in [-0.39, 0.29) is 17.5 Å². The Hall–Kier alpha value is -3.23. The second-order valence-electron chi connectivity index (χ2n) is 8.05. The summed E-state index contributed by atoms with van der Waals surface area (Å²) in [6.07, 6.45) is 2.51. The Balaban J connectivity index is 0.000000224. The van der Waals surface area contributed by atoms with Crippen LogP contribution in [0.5, 0.6) is 0 Å². The lowest BCUT2D eigenvalue weighted by Gasteiger charge is -2.12. The molecular weight excluding hydrogens is 535 g/mol. The molecule has 36 heavy (non-hydrogen) atoms. The topological polar surface area (TPSA) is 114 Å². The van der Waals surface area contributed by atoms with E-state index in [1.807, 2.05) is 24.3 Å². The van der Waals surface area contributed by atoms with Gasteiger partial charge in [0.05, 0.1) is 24.2 Å². The lowest BCUT2D eigenvalue weighted by Crippen LogP contribution is -2.37. The molecule has 2 fully saturated rings. The third-order valence-electron chi connectivity index (χ3n) is 5.30. The van der Waals surface area contributed by atoms with Crippen LogP contribution in [-0.4, -0.2) is 77.0 Å². The van der Waals surface area contributed by atoms with E-state index < -0.39 is 17.7 Å². The molecule has 0 bridgehead atoms. The summed E-state index contributed by atoms with van der Waals surface area (Å²) in [6, 6.07) is 7.66. The number of likely N-dealkylation sites (tertiary alicyclic amines) is 1. The summed E-state index contributed by atoms with van der Waals surface area (Å²) in [5.74, 6) is 4.11. The van der Waals surface area contributed by atoms with Crippen LogP contribution in [0.1, 0.15) is 37.2 Å². The molecule has 3 atom stereocenters. The molecule has 1 aliphatic carbocycles. The van der Waals surface area contributed by atoms with Crippen LogP contribution in [0.2, 0.25) is 0 Å². The average Bonchev–Trinajstić information content (AvgIpc) is 3.31. The maximum Gasteiger partial charge on any atom is 0.361 e. The zero-order chi connectivity index (χ0) is 26.9. The van der Waals surface area contributed by atoms with Gasteiger partial charge in [0.2, 0.25) is 5.60 Å². The van der Waals surface area contributed by atoms with Gasteiger partial charge >= 0.3 is 5.97 Å². The molecule has 1 amide bonds. The van der Waals surface area contributed by atoms with Gasteiger partial charge in [-0.25, -0.2) is 13.9 Å². The van der Waals surface area contributed by atoms with Gasteiger partial charge in [-0.15, -0.1) is 5.92 Å². The highest BCUT2D eigenvalue weighted by atomic mass is 79.9. The molecule has 1 aliphatic heterocycles. The van der Waals surface area contributed by atoms with Crippen LogP contribution in [0.4, 0.5) is 10.1 Å². The SMILES string of the molecule is CC#CC1(O)CCN(C)C1=O.CCOC(=O)c1nn(-c2cccc(Br)c2)cc1NC.O=CC1CC1F. The molecule has 1 saturated heterocycles. The van der Waals surface area contributed by atoms with Gasteiger partial charge in [0.1, 0.15) is 12.5 Å². The third-order valence-corrected chi connectivity index (χ3v) is 5.79. The molecule has 4 rings (SSSR count). The van der Waals surface area contributed by atoms with Crippen LogP contribution in [0.25, 0.3) is 5.69 Å². The summed E-state index contributed by atoms with van der Waals surface area (Å²) in [6.45, 7) is 4.29. The van der Waals surface area contributed by atoms with E-state index in [0.717, 1.165) is 10.2 Å². The first kappa shape index (κ1) is 29.0. The molecule has 1 saturated carbocycles. The van der Waals surface area contributed by atoms with Crippen molar-refractivity contribution in [2.75, 3.05) is 32.6 Å². The van der Waals surface area contributed by atoms with Crippen molar-refractivity contribution in [2.24, 2.45) is 5.92 Å². The van der Waals surface area contributed by atoms with Crippen molar-refractivity contribution >= 4 is 39.8 Å². The van der Waals surface area contributed by atoms with Crippen LogP contribution < -0.4 is 5.32 Å². The maximum atomic E-state index is 11.8. The fourth-order valence-corrected chi connectivity index (χ4v) is 3.54. The second kappa shape index (κ2) is 13.2. The van der Waals surface area contributed by atoms with Crippen molar-refractivity contribution in [3.63, 3.8) is 0 Å². The van der Waals surface area contributed by atoms with Gasteiger partial charge in [-0.3, -0.25) is 4.79 Å². The van der Waals surface area contributed by atoms with Crippen LogP contribution in [0.15, 0.2) is 34.9 Å². The standard InChI is InChI=1S/C13H14BrN3O2.C8H11NO2.C4H5FO/c1-3-19-13(18)12-11(15-2)8-17(16-12)10-6-4-5-9(14)7-10;1-3-4-8(11)5-6-9(2)7(8)10;5-4-1-3(4)2-6/h4-8,15H,3H2,1-2H3;11H,5-6H2,1-2H3;2-4H,1H2. The van der Waals surface area contributed by atoms with Gasteiger partial charge in [0.25, 0.3) is 5.91 Å². The minimum Gasteiger partial charge on any atom is -0.461 e. The van der Waals surface area contributed by atoms with Gasteiger partial charge in [-0.2, -0.15) is 5.10 Å². The summed E-state index contributed by atoms with van der Waals surface area (Å²) in [7, 11) is 3.41. The zero-order valence-electron chi connectivity index (χ0n) is 20.6. The summed E-state index contributed by atoms with van der Waals surface area (Å²) >= 11 is 3.41. The van der Waals surface area contributed by atoms with E-state index >= 15 is 0 Å². The number of nitrogens with zero attached hydrogens (tertiary/aromatic N) is 3. The van der Waals surface area contributed by atoms with Crippen LogP contribution in [-0.2, 0) is 14.3 Å². The maximum absolute atomic E-state index is 11.8. The van der Waals surface area contributed by atoms with Crippen LogP contribution >= 0.6 is 15.9 Å². The van der Waals surface area contributed by atoms with Gasteiger partial charge in [-0.05, 0) is 38.5 Å². The molecule has 0 spiro atoms. The molecule has 1 aromatic carbocycles. The number of carbonyl (C=O) groups is 3. The number of hydrogen-bond donors (Lipinski definition) is 2. The summed E-state index contributed by atoms with van der Waals surface area (Å²) in [5, 5.41) is 16.8. The largest absolute Gasteiger partial charge is 0.461 e. The van der Waals surface area contributed by atoms with Crippen molar-refractivity contribution in [3.8, 4) is 17.5 Å². The van der Waals surface area contributed by atoms with Crippen molar-refractivity contribution in [1.29, 1.82) is 0 Å². The minimum atomic E-state index is -1.40. The second-order valence-corrected chi connectivity index (χ2v) is 8.97. The van der Waals surface area contributed by atoms with E-state index in [1.165, 1.54) is 4.90 Å². The summed E-state index contributed by atoms with van der Waals surface area (Å²) in [4.78, 5) is 34.0. The molecule has 0 radical (unpaired) electrons. The summed E-state index contributed by atoms with van der Waals surface area (Å²) in [5.41, 5.74) is 0.382. The van der Waals surface area contributed by atoms with Gasteiger partial charge in [-0.1, -0.05) is 27.9 Å². The number of ether oxygens (including phenoxy) is 1. The molecule has 2 N–H and O–H groups in total. The Bertz CT molecular complexity index is 1140. The van der Waals surface area contributed by atoms with Gasteiger partial charge in [0.15, 0.2) is 5.69 Å². The first-order valence-electron chi connectivity index (χ1n) is 11.3. The Morgan fingerprint density at radius 1 is 1.47 bits per heavy atom. The predicted octanol–water partition coefficient (Wildman–Crippen LogP) is 3.00. The third kappa shape index (κ3) is 7.63.